The van der Waals surface area contributed by atoms with Crippen molar-refractivity contribution in [3.63, 3.8) is 0 Å². The van der Waals surface area contributed by atoms with E-state index in [4.69, 9.17) is 18.9 Å². The SMILES string of the molecule is C=CCN(c1ccc(OC)cc1OC)S(=O)(=O)c1ccc2c(c1)OCCO2. The van der Waals surface area contributed by atoms with Gasteiger partial charge in [-0.05, 0) is 24.3 Å². The van der Waals surface area contributed by atoms with Crippen LogP contribution in [-0.4, -0.2) is 42.4 Å². The van der Waals surface area contributed by atoms with Crippen LogP contribution in [0, 0.1) is 0 Å². The Morgan fingerprint density at radius 3 is 2.48 bits per heavy atom. The molecule has 3 rings (SSSR count). The van der Waals surface area contributed by atoms with Crippen molar-refractivity contribution >= 4 is 15.7 Å². The van der Waals surface area contributed by atoms with Gasteiger partial charge in [-0.15, -0.1) is 6.58 Å². The Morgan fingerprint density at radius 1 is 1.07 bits per heavy atom. The summed E-state index contributed by atoms with van der Waals surface area (Å²) in [6.07, 6.45) is 1.51. The highest BCUT2D eigenvalue weighted by molar-refractivity contribution is 7.92. The molecule has 0 saturated heterocycles. The van der Waals surface area contributed by atoms with Crippen molar-refractivity contribution in [2.75, 3.05) is 38.3 Å². The quantitative estimate of drug-likeness (QED) is 0.676. The number of hydrogen-bond donors (Lipinski definition) is 0. The van der Waals surface area contributed by atoms with Gasteiger partial charge < -0.3 is 18.9 Å². The van der Waals surface area contributed by atoms with Crippen LogP contribution < -0.4 is 23.3 Å². The maximum atomic E-state index is 13.3. The number of sulfonamides is 1. The Labute approximate surface area is 158 Å². The molecule has 0 aliphatic carbocycles. The molecule has 8 heteroatoms. The van der Waals surface area contributed by atoms with Crippen molar-refractivity contribution in [3.8, 4) is 23.0 Å². The van der Waals surface area contributed by atoms with Crippen molar-refractivity contribution < 1.29 is 27.4 Å². The van der Waals surface area contributed by atoms with Gasteiger partial charge >= 0.3 is 0 Å². The average Bonchev–Trinajstić information content (AvgIpc) is 2.71. The molecule has 0 radical (unpaired) electrons. The van der Waals surface area contributed by atoms with Gasteiger partial charge in [0, 0.05) is 12.1 Å². The highest BCUT2D eigenvalue weighted by atomic mass is 32.2. The van der Waals surface area contributed by atoms with Crippen molar-refractivity contribution in [3.05, 3.63) is 49.1 Å². The van der Waals surface area contributed by atoms with Gasteiger partial charge in [0.05, 0.1) is 31.3 Å². The molecule has 27 heavy (non-hydrogen) atoms. The molecule has 7 nitrogen and oxygen atoms in total. The molecule has 0 atom stereocenters. The lowest BCUT2D eigenvalue weighted by molar-refractivity contribution is 0.171. The summed E-state index contributed by atoms with van der Waals surface area (Å²) in [6, 6.07) is 9.50. The number of methoxy groups -OCH3 is 2. The standard InChI is InChI=1S/C19H21NO6S/c1-4-9-20(16-7-5-14(23-2)12-18(16)24-3)27(21,22)15-6-8-17-19(13-15)26-11-10-25-17/h4-8,12-13H,1,9-11H2,2-3H3. The van der Waals surface area contributed by atoms with E-state index < -0.39 is 10.0 Å². The molecule has 0 amide bonds. The molecule has 144 valence electrons. The lowest BCUT2D eigenvalue weighted by Crippen LogP contribution is -2.31. The number of hydrogen-bond acceptors (Lipinski definition) is 6. The maximum Gasteiger partial charge on any atom is 0.264 e. The smallest absolute Gasteiger partial charge is 0.264 e. The van der Waals surface area contributed by atoms with E-state index in [2.05, 4.69) is 6.58 Å². The highest BCUT2D eigenvalue weighted by Crippen LogP contribution is 2.38. The molecule has 1 aliphatic heterocycles. The molecule has 0 spiro atoms. The minimum absolute atomic E-state index is 0.0689. The number of ether oxygens (including phenoxy) is 4. The minimum Gasteiger partial charge on any atom is -0.497 e. The van der Waals surface area contributed by atoms with Crippen LogP contribution in [0.1, 0.15) is 0 Å². The van der Waals surface area contributed by atoms with Crippen LogP contribution >= 0.6 is 0 Å². The summed E-state index contributed by atoms with van der Waals surface area (Å²) >= 11 is 0. The first-order valence-corrected chi connectivity index (χ1v) is 9.70. The van der Waals surface area contributed by atoms with Crippen LogP contribution in [0.5, 0.6) is 23.0 Å². The fourth-order valence-electron chi connectivity index (χ4n) is 2.75. The molecule has 2 aromatic rings. The summed E-state index contributed by atoms with van der Waals surface area (Å²) in [6.45, 7) is 4.55. The molecule has 1 heterocycles. The van der Waals surface area contributed by atoms with Gasteiger partial charge in [0.25, 0.3) is 10.0 Å². The highest BCUT2D eigenvalue weighted by Gasteiger charge is 2.28. The third-order valence-corrected chi connectivity index (χ3v) is 5.83. The van der Waals surface area contributed by atoms with Crippen LogP contribution in [-0.2, 0) is 10.0 Å². The minimum atomic E-state index is -3.90. The zero-order valence-corrected chi connectivity index (χ0v) is 16.0. The van der Waals surface area contributed by atoms with E-state index in [0.29, 0.717) is 41.9 Å². The van der Waals surface area contributed by atoms with E-state index in [1.165, 1.54) is 36.7 Å². The van der Waals surface area contributed by atoms with Crippen molar-refractivity contribution in [1.29, 1.82) is 0 Å². The van der Waals surface area contributed by atoms with E-state index in [0.717, 1.165) is 0 Å². The van der Waals surface area contributed by atoms with Crippen LogP contribution in [0.3, 0.4) is 0 Å². The third kappa shape index (κ3) is 3.66. The van der Waals surface area contributed by atoms with Gasteiger partial charge in [-0.2, -0.15) is 0 Å². The number of nitrogens with zero attached hydrogens (tertiary/aromatic N) is 1. The van der Waals surface area contributed by atoms with Gasteiger partial charge in [-0.1, -0.05) is 6.08 Å². The first-order chi connectivity index (χ1) is 13.0. The van der Waals surface area contributed by atoms with Crippen LogP contribution in [0.4, 0.5) is 5.69 Å². The van der Waals surface area contributed by atoms with E-state index >= 15 is 0 Å². The Hall–Kier alpha value is -2.87. The topological polar surface area (TPSA) is 74.3 Å². The van der Waals surface area contributed by atoms with Crippen LogP contribution in [0.15, 0.2) is 53.9 Å². The lowest BCUT2D eigenvalue weighted by Gasteiger charge is -2.26. The molecule has 0 N–H and O–H groups in total. The predicted molar refractivity (Wildman–Crippen MR) is 102 cm³/mol. The zero-order valence-electron chi connectivity index (χ0n) is 15.2. The largest absolute Gasteiger partial charge is 0.497 e. The van der Waals surface area contributed by atoms with Gasteiger partial charge in [-0.3, -0.25) is 4.31 Å². The van der Waals surface area contributed by atoms with E-state index in [9.17, 15) is 8.42 Å². The van der Waals surface area contributed by atoms with Crippen molar-refractivity contribution in [2.45, 2.75) is 4.90 Å². The Bertz CT molecular complexity index is 941. The number of fused-ring (bicyclic) bond motifs is 1. The average molecular weight is 391 g/mol. The Balaban J connectivity index is 2.07. The number of rotatable bonds is 7. The van der Waals surface area contributed by atoms with E-state index in [1.807, 2.05) is 0 Å². The van der Waals surface area contributed by atoms with Crippen molar-refractivity contribution in [2.24, 2.45) is 0 Å². The summed E-state index contributed by atoms with van der Waals surface area (Å²) in [4.78, 5) is 0.0893. The Morgan fingerprint density at radius 2 is 1.81 bits per heavy atom. The number of anilines is 1. The Kier molecular flexibility index (Phi) is 5.46. The molecule has 0 bridgehead atoms. The molecular formula is C19H21NO6S. The van der Waals surface area contributed by atoms with Gasteiger partial charge in [0.15, 0.2) is 11.5 Å². The van der Waals surface area contributed by atoms with Gasteiger partial charge in [0.1, 0.15) is 24.7 Å². The summed E-state index contributed by atoms with van der Waals surface area (Å²) in [5, 5.41) is 0. The zero-order chi connectivity index (χ0) is 19.4. The van der Waals surface area contributed by atoms with Crippen molar-refractivity contribution in [1.82, 2.24) is 0 Å². The first kappa shape index (κ1) is 18.9. The third-order valence-electron chi connectivity index (χ3n) is 4.05. The second-order valence-corrected chi connectivity index (χ2v) is 7.53. The summed E-state index contributed by atoms with van der Waals surface area (Å²) < 4.78 is 49.4. The van der Waals surface area contributed by atoms with E-state index in [-0.39, 0.29) is 11.4 Å². The van der Waals surface area contributed by atoms with Gasteiger partial charge in [0.2, 0.25) is 0 Å². The summed E-state index contributed by atoms with van der Waals surface area (Å²) in [5.41, 5.74) is 0.382. The normalized spacial score (nSPS) is 13.0. The fourth-order valence-corrected chi connectivity index (χ4v) is 4.21. The first-order valence-electron chi connectivity index (χ1n) is 8.26. The fraction of sp³-hybridized carbons (Fsp3) is 0.263. The molecule has 2 aromatic carbocycles. The van der Waals surface area contributed by atoms with E-state index in [1.54, 1.807) is 24.3 Å². The van der Waals surface area contributed by atoms with Crippen LogP contribution in [0.25, 0.3) is 0 Å². The molecule has 1 aliphatic rings. The number of benzene rings is 2. The summed E-state index contributed by atoms with van der Waals surface area (Å²) in [7, 11) is -0.893. The molecule has 0 saturated carbocycles. The maximum absolute atomic E-state index is 13.3. The molecule has 0 unspecified atom stereocenters. The molecule has 0 fully saturated rings. The predicted octanol–water partition coefficient (Wildman–Crippen LogP) is 2.86. The monoisotopic (exact) mass is 391 g/mol. The molecular weight excluding hydrogens is 370 g/mol. The second kappa shape index (κ2) is 7.79. The summed E-state index contributed by atoms with van der Waals surface area (Å²) in [5.74, 6) is 1.86. The van der Waals surface area contributed by atoms with Crippen LogP contribution in [0.2, 0.25) is 0 Å². The second-order valence-electron chi connectivity index (χ2n) is 5.67. The van der Waals surface area contributed by atoms with Gasteiger partial charge in [-0.25, -0.2) is 8.42 Å². The molecule has 0 aromatic heterocycles. The lowest BCUT2D eigenvalue weighted by atomic mass is 10.2.